The zero-order valence-corrected chi connectivity index (χ0v) is 21.6. The fourth-order valence-electron chi connectivity index (χ4n) is 4.51. The summed E-state index contributed by atoms with van der Waals surface area (Å²) in [5.74, 6) is -4.03. The number of benzene rings is 1. The average Bonchev–Trinajstić information content (AvgIpc) is 3.54. The number of carboxylic acid groups (broad SMARTS) is 1. The Balaban J connectivity index is 1.82. The van der Waals surface area contributed by atoms with E-state index in [2.05, 4.69) is 26.3 Å². The molecular formula is C26H36N6O6. The molecule has 3 rings (SSSR count). The molecule has 0 spiro atoms. The van der Waals surface area contributed by atoms with E-state index in [9.17, 15) is 29.1 Å². The minimum absolute atomic E-state index is 0.130. The summed E-state index contributed by atoms with van der Waals surface area (Å²) in [7, 11) is 0. The van der Waals surface area contributed by atoms with Gasteiger partial charge in [0.1, 0.15) is 18.1 Å². The highest BCUT2D eigenvalue weighted by Gasteiger charge is 2.32. The normalized spacial score (nSPS) is 17.5. The number of aliphatic carboxylic acids is 1. The average molecular weight is 529 g/mol. The molecule has 1 fully saturated rings. The summed E-state index contributed by atoms with van der Waals surface area (Å²) in [6.45, 7) is 3.98. The van der Waals surface area contributed by atoms with Crippen molar-refractivity contribution in [3.63, 3.8) is 0 Å². The van der Waals surface area contributed by atoms with E-state index in [-0.39, 0.29) is 25.2 Å². The number of para-hydroxylation sites is 1. The van der Waals surface area contributed by atoms with Gasteiger partial charge in [0.15, 0.2) is 0 Å². The number of amides is 4. The summed E-state index contributed by atoms with van der Waals surface area (Å²) >= 11 is 0. The number of H-pyrrole nitrogens is 1. The molecule has 12 nitrogen and oxygen atoms in total. The smallest absolute Gasteiger partial charge is 0.326 e. The van der Waals surface area contributed by atoms with Crippen molar-refractivity contribution in [2.24, 2.45) is 11.7 Å². The summed E-state index contributed by atoms with van der Waals surface area (Å²) in [6, 6.07) is 3.66. The molecule has 1 aliphatic rings. The first kappa shape index (κ1) is 28.6. The van der Waals surface area contributed by atoms with E-state index < -0.39 is 53.8 Å². The van der Waals surface area contributed by atoms with Crippen LogP contribution >= 0.6 is 0 Å². The number of nitrogens with two attached hydrogens (primary N) is 1. The van der Waals surface area contributed by atoms with Crippen LogP contribution in [0.2, 0.25) is 0 Å². The third kappa shape index (κ3) is 7.54. The quantitative estimate of drug-likeness (QED) is 0.189. The molecule has 1 saturated heterocycles. The number of nitrogens with one attached hydrogen (secondary N) is 5. The van der Waals surface area contributed by atoms with Crippen LogP contribution < -0.4 is 27.0 Å². The molecule has 0 saturated carbocycles. The van der Waals surface area contributed by atoms with E-state index in [1.165, 1.54) is 0 Å². The van der Waals surface area contributed by atoms with Crippen LogP contribution in [0.15, 0.2) is 30.5 Å². The largest absolute Gasteiger partial charge is 0.480 e. The number of primary amides is 1. The number of aromatic amines is 1. The molecule has 38 heavy (non-hydrogen) atoms. The van der Waals surface area contributed by atoms with Gasteiger partial charge >= 0.3 is 5.97 Å². The van der Waals surface area contributed by atoms with Gasteiger partial charge in [0.25, 0.3) is 0 Å². The lowest BCUT2D eigenvalue weighted by molar-refractivity contribution is -0.143. The van der Waals surface area contributed by atoms with E-state index in [1.54, 1.807) is 20.0 Å². The molecule has 2 aromatic rings. The van der Waals surface area contributed by atoms with Crippen molar-refractivity contribution in [2.45, 2.75) is 70.1 Å². The zero-order valence-electron chi connectivity index (χ0n) is 21.6. The molecule has 1 aromatic heterocycles. The van der Waals surface area contributed by atoms with Crippen LogP contribution in [-0.2, 0) is 30.4 Å². The number of carbonyl (C=O) groups excluding carboxylic acids is 4. The first-order chi connectivity index (χ1) is 18.1. The van der Waals surface area contributed by atoms with Gasteiger partial charge in [0.2, 0.25) is 23.6 Å². The maximum Gasteiger partial charge on any atom is 0.326 e. The highest BCUT2D eigenvalue weighted by Crippen LogP contribution is 2.19. The molecule has 4 atom stereocenters. The fourth-order valence-corrected chi connectivity index (χ4v) is 4.51. The van der Waals surface area contributed by atoms with Crippen molar-refractivity contribution < 1.29 is 29.1 Å². The molecule has 8 N–H and O–H groups in total. The maximum atomic E-state index is 13.5. The van der Waals surface area contributed by atoms with Crippen LogP contribution in [0.4, 0.5) is 0 Å². The third-order valence-electron chi connectivity index (χ3n) is 6.65. The second-order valence-corrected chi connectivity index (χ2v) is 9.91. The van der Waals surface area contributed by atoms with Crippen molar-refractivity contribution in [1.82, 2.24) is 26.3 Å². The lowest BCUT2D eigenvalue weighted by Gasteiger charge is -2.26. The Labute approximate surface area is 220 Å². The summed E-state index contributed by atoms with van der Waals surface area (Å²) < 4.78 is 0. The summed E-state index contributed by atoms with van der Waals surface area (Å²) in [6.07, 6.45) is 3.05. The number of carbonyl (C=O) groups is 5. The van der Waals surface area contributed by atoms with Crippen molar-refractivity contribution in [1.29, 1.82) is 0 Å². The molecule has 2 heterocycles. The monoisotopic (exact) mass is 528 g/mol. The molecular weight excluding hydrogens is 492 g/mol. The Hall–Kier alpha value is -3.93. The number of aromatic nitrogens is 1. The fraction of sp³-hybridized carbons (Fsp3) is 0.500. The summed E-state index contributed by atoms with van der Waals surface area (Å²) in [5.41, 5.74) is 6.93. The van der Waals surface area contributed by atoms with Crippen LogP contribution in [0.1, 0.15) is 45.1 Å². The second-order valence-electron chi connectivity index (χ2n) is 9.91. The van der Waals surface area contributed by atoms with E-state index in [0.717, 1.165) is 22.9 Å². The Morgan fingerprint density at radius 1 is 1.05 bits per heavy atom. The third-order valence-corrected chi connectivity index (χ3v) is 6.65. The lowest BCUT2D eigenvalue weighted by atomic mass is 10.0. The highest BCUT2D eigenvalue weighted by molar-refractivity contribution is 5.95. The van der Waals surface area contributed by atoms with E-state index in [0.29, 0.717) is 13.0 Å². The minimum Gasteiger partial charge on any atom is -0.480 e. The number of hydrogen-bond acceptors (Lipinski definition) is 6. The molecule has 4 unspecified atom stereocenters. The van der Waals surface area contributed by atoms with E-state index >= 15 is 0 Å². The second kappa shape index (κ2) is 13.0. The molecule has 0 aliphatic carbocycles. The summed E-state index contributed by atoms with van der Waals surface area (Å²) in [5, 5.41) is 21.3. The van der Waals surface area contributed by atoms with Gasteiger partial charge in [-0.25, -0.2) is 4.79 Å². The van der Waals surface area contributed by atoms with Crippen molar-refractivity contribution >= 4 is 40.5 Å². The van der Waals surface area contributed by atoms with Crippen molar-refractivity contribution in [3.05, 3.63) is 36.0 Å². The van der Waals surface area contributed by atoms with Crippen molar-refractivity contribution in [2.75, 3.05) is 6.54 Å². The molecule has 12 heteroatoms. The van der Waals surface area contributed by atoms with Gasteiger partial charge in [-0.3, -0.25) is 19.2 Å². The van der Waals surface area contributed by atoms with E-state index in [4.69, 9.17) is 5.73 Å². The Bertz CT molecular complexity index is 1170. The maximum absolute atomic E-state index is 13.5. The van der Waals surface area contributed by atoms with Gasteiger partial charge in [-0.15, -0.1) is 0 Å². The van der Waals surface area contributed by atoms with Crippen molar-refractivity contribution in [3.8, 4) is 0 Å². The molecule has 1 aromatic carbocycles. The molecule has 206 valence electrons. The van der Waals surface area contributed by atoms with Gasteiger partial charge in [0, 0.05) is 29.9 Å². The van der Waals surface area contributed by atoms with Crippen LogP contribution in [-0.4, -0.2) is 70.4 Å². The number of carboxylic acids is 1. The van der Waals surface area contributed by atoms with E-state index in [1.807, 2.05) is 24.3 Å². The Morgan fingerprint density at radius 3 is 2.39 bits per heavy atom. The first-order valence-corrected chi connectivity index (χ1v) is 12.8. The highest BCUT2D eigenvalue weighted by atomic mass is 16.4. The first-order valence-electron chi connectivity index (χ1n) is 12.8. The van der Waals surface area contributed by atoms with Crippen LogP contribution in [0.5, 0.6) is 0 Å². The Morgan fingerprint density at radius 2 is 1.76 bits per heavy atom. The van der Waals surface area contributed by atoms with Crippen LogP contribution in [0, 0.1) is 5.92 Å². The van der Waals surface area contributed by atoms with Gasteiger partial charge in [-0.2, -0.15) is 0 Å². The standard InChI is InChI=1S/C26H36N6O6/c1-14(2)22(26(37)38)32-24(35)19(9-10-21(27)33)30-25(36)20(31-23(34)18-8-5-11-28-18)12-15-13-29-17-7-4-3-6-16(15)17/h3-4,6-7,13-14,18-20,22,28-29H,5,8-12H2,1-2H3,(H2,27,33)(H,30,36)(H,31,34)(H,32,35)(H,37,38). The van der Waals surface area contributed by atoms with Gasteiger partial charge in [-0.05, 0) is 43.4 Å². The van der Waals surface area contributed by atoms with Gasteiger partial charge in [-0.1, -0.05) is 32.0 Å². The van der Waals surface area contributed by atoms with Crippen LogP contribution in [0.3, 0.4) is 0 Å². The predicted octanol–water partition coefficient (Wildman–Crippen LogP) is -0.0771. The lowest BCUT2D eigenvalue weighted by Crippen LogP contribution is -2.58. The minimum atomic E-state index is -1.23. The predicted molar refractivity (Wildman–Crippen MR) is 140 cm³/mol. The molecule has 0 radical (unpaired) electrons. The molecule has 4 amide bonds. The Kier molecular flexibility index (Phi) is 9.83. The summed E-state index contributed by atoms with van der Waals surface area (Å²) in [4.78, 5) is 65.6. The molecule has 0 bridgehead atoms. The molecule has 1 aliphatic heterocycles. The van der Waals surface area contributed by atoms with Gasteiger partial charge < -0.3 is 37.1 Å². The van der Waals surface area contributed by atoms with Gasteiger partial charge in [0.05, 0.1) is 6.04 Å². The number of fused-ring (bicyclic) bond motifs is 1. The van der Waals surface area contributed by atoms with Crippen LogP contribution in [0.25, 0.3) is 10.9 Å². The number of rotatable bonds is 13. The zero-order chi connectivity index (χ0) is 27.8. The number of hydrogen-bond donors (Lipinski definition) is 7. The SMILES string of the molecule is CC(C)C(NC(=O)C(CCC(N)=O)NC(=O)C(Cc1c[nH]c2ccccc12)NC(=O)C1CCCN1)C(=O)O. The topological polar surface area (TPSA) is 196 Å².